The van der Waals surface area contributed by atoms with Crippen LogP contribution in [0.3, 0.4) is 0 Å². The standard InChI is InChI=1S/C35H41FN6O4/c1-35(2,3)46-34(45)37-21-23-7-6-8-24(19-23)32(31-28-14-9-25(36)20-29(28)39-33(31)44)38-26-10-12-27(13-11-26)41(5)30(43)22-42-17-15-40(4)16-18-42/h6-14,19-20,38H,15-18,21-22H2,1-5H3,(H,37,45)(H,39,44)/b32-31-. The van der Waals surface area contributed by atoms with Gasteiger partial charge in [-0.25, -0.2) is 9.18 Å². The van der Waals surface area contributed by atoms with Crippen molar-refractivity contribution in [1.29, 1.82) is 0 Å². The number of piperazine rings is 1. The van der Waals surface area contributed by atoms with Gasteiger partial charge in [-0.05, 0) is 87.5 Å². The molecule has 0 saturated carbocycles. The van der Waals surface area contributed by atoms with Crippen LogP contribution in [-0.4, -0.2) is 80.1 Å². The van der Waals surface area contributed by atoms with E-state index < -0.39 is 17.5 Å². The fraction of sp³-hybridized carbons (Fsp3) is 0.343. The van der Waals surface area contributed by atoms with E-state index in [4.69, 9.17) is 4.74 Å². The minimum absolute atomic E-state index is 0.0105. The molecule has 1 fully saturated rings. The van der Waals surface area contributed by atoms with Gasteiger partial charge in [0.05, 0.1) is 23.5 Å². The molecule has 0 spiro atoms. The quantitative estimate of drug-likeness (QED) is 0.302. The van der Waals surface area contributed by atoms with Crippen LogP contribution < -0.4 is 20.9 Å². The number of amides is 3. The Balaban J connectivity index is 1.40. The average Bonchev–Trinajstić information content (AvgIpc) is 3.33. The molecule has 0 aromatic heterocycles. The number of halogens is 1. The van der Waals surface area contributed by atoms with Gasteiger partial charge in [0.15, 0.2) is 0 Å². The number of hydrogen-bond acceptors (Lipinski definition) is 7. The number of nitrogens with zero attached hydrogens (tertiary/aromatic N) is 3. The van der Waals surface area contributed by atoms with Crippen LogP contribution in [0.5, 0.6) is 0 Å². The number of anilines is 3. The summed E-state index contributed by atoms with van der Waals surface area (Å²) in [6, 6.07) is 19.0. The van der Waals surface area contributed by atoms with Crippen molar-refractivity contribution in [3.8, 4) is 0 Å². The highest BCUT2D eigenvalue weighted by Gasteiger charge is 2.29. The van der Waals surface area contributed by atoms with Crippen LogP contribution in [-0.2, 0) is 20.9 Å². The predicted octanol–water partition coefficient (Wildman–Crippen LogP) is 4.99. The second-order valence-electron chi connectivity index (χ2n) is 12.7. The van der Waals surface area contributed by atoms with Crippen molar-refractivity contribution in [1.82, 2.24) is 15.1 Å². The highest BCUT2D eigenvalue weighted by Crippen LogP contribution is 2.38. The van der Waals surface area contributed by atoms with Crippen molar-refractivity contribution < 1.29 is 23.5 Å². The minimum Gasteiger partial charge on any atom is -0.444 e. The number of likely N-dealkylation sites (N-methyl/N-ethyl adjacent to an activating group) is 2. The number of nitrogens with one attached hydrogen (secondary N) is 3. The second-order valence-corrected chi connectivity index (χ2v) is 12.7. The summed E-state index contributed by atoms with van der Waals surface area (Å²) in [5.74, 6) is -0.811. The Hall–Kier alpha value is -4.74. The van der Waals surface area contributed by atoms with Gasteiger partial charge in [0.1, 0.15) is 11.4 Å². The van der Waals surface area contributed by atoms with Crippen molar-refractivity contribution in [3.05, 3.63) is 89.2 Å². The van der Waals surface area contributed by atoms with Crippen LogP contribution in [0.2, 0.25) is 0 Å². The summed E-state index contributed by atoms with van der Waals surface area (Å²) >= 11 is 0. The van der Waals surface area contributed by atoms with Gasteiger partial charge in [0.25, 0.3) is 5.91 Å². The molecular weight excluding hydrogens is 587 g/mol. The first-order chi connectivity index (χ1) is 21.9. The lowest BCUT2D eigenvalue weighted by Gasteiger charge is -2.32. The van der Waals surface area contributed by atoms with E-state index in [0.717, 1.165) is 37.4 Å². The Morgan fingerprint density at radius 3 is 2.41 bits per heavy atom. The summed E-state index contributed by atoms with van der Waals surface area (Å²) in [5, 5.41) is 8.95. The highest BCUT2D eigenvalue weighted by molar-refractivity contribution is 6.37. The van der Waals surface area contributed by atoms with Crippen LogP contribution in [0.1, 0.15) is 37.5 Å². The molecule has 3 amide bonds. The number of alkyl carbamates (subject to hydrolysis) is 1. The Labute approximate surface area is 269 Å². The maximum atomic E-state index is 14.0. The van der Waals surface area contributed by atoms with Crippen LogP contribution in [0.15, 0.2) is 66.7 Å². The molecule has 0 aliphatic carbocycles. The van der Waals surface area contributed by atoms with E-state index in [1.54, 1.807) is 38.8 Å². The molecule has 46 heavy (non-hydrogen) atoms. The van der Waals surface area contributed by atoms with E-state index in [9.17, 15) is 18.8 Å². The lowest BCUT2D eigenvalue weighted by Crippen LogP contribution is -2.48. The molecule has 0 bridgehead atoms. The zero-order chi connectivity index (χ0) is 33.0. The van der Waals surface area contributed by atoms with E-state index in [2.05, 4.69) is 32.8 Å². The Morgan fingerprint density at radius 2 is 1.72 bits per heavy atom. The molecule has 10 nitrogen and oxygen atoms in total. The Morgan fingerprint density at radius 1 is 1.00 bits per heavy atom. The lowest BCUT2D eigenvalue weighted by atomic mass is 9.98. The predicted molar refractivity (Wildman–Crippen MR) is 179 cm³/mol. The van der Waals surface area contributed by atoms with E-state index in [-0.39, 0.29) is 18.4 Å². The molecule has 3 aromatic rings. The molecule has 3 aromatic carbocycles. The molecule has 0 radical (unpaired) electrons. The van der Waals surface area contributed by atoms with Gasteiger partial charge >= 0.3 is 6.09 Å². The maximum Gasteiger partial charge on any atom is 0.407 e. The average molecular weight is 629 g/mol. The molecule has 5 rings (SSSR count). The SMILES string of the molecule is CN1CCN(CC(=O)N(C)c2ccc(N/C(=C3\C(=O)Nc4cc(F)ccc43)c3cccc(CNC(=O)OC(C)(C)C)c3)cc2)CC1. The molecule has 1 saturated heterocycles. The van der Waals surface area contributed by atoms with Crippen LogP contribution in [0, 0.1) is 5.82 Å². The topological polar surface area (TPSA) is 106 Å². The summed E-state index contributed by atoms with van der Waals surface area (Å²) in [5.41, 5.74) is 4.10. The number of hydrogen-bond donors (Lipinski definition) is 3. The first-order valence-corrected chi connectivity index (χ1v) is 15.3. The summed E-state index contributed by atoms with van der Waals surface area (Å²) < 4.78 is 19.4. The van der Waals surface area contributed by atoms with E-state index in [1.807, 2.05) is 48.5 Å². The van der Waals surface area contributed by atoms with Gasteiger partial charge < -0.3 is 30.5 Å². The maximum absolute atomic E-state index is 14.0. The normalized spacial score (nSPS) is 16.3. The Bertz CT molecular complexity index is 1640. The third-order valence-electron chi connectivity index (χ3n) is 7.88. The van der Waals surface area contributed by atoms with Gasteiger partial charge in [-0.2, -0.15) is 0 Å². The van der Waals surface area contributed by atoms with Gasteiger partial charge in [0.2, 0.25) is 5.91 Å². The lowest BCUT2D eigenvalue weighted by molar-refractivity contribution is -0.119. The number of ether oxygens (including phenoxy) is 1. The molecule has 242 valence electrons. The van der Waals surface area contributed by atoms with E-state index in [0.29, 0.717) is 40.3 Å². The molecule has 0 atom stereocenters. The van der Waals surface area contributed by atoms with Gasteiger partial charge in [-0.3, -0.25) is 14.5 Å². The smallest absolute Gasteiger partial charge is 0.407 e. The number of fused-ring (bicyclic) bond motifs is 1. The van der Waals surface area contributed by atoms with Crippen molar-refractivity contribution >= 4 is 46.2 Å². The fourth-order valence-corrected chi connectivity index (χ4v) is 5.36. The molecule has 2 aliphatic rings. The summed E-state index contributed by atoms with van der Waals surface area (Å²) in [6.45, 7) is 9.55. The molecule has 11 heteroatoms. The molecule has 3 N–H and O–H groups in total. The van der Waals surface area contributed by atoms with Crippen molar-refractivity contribution in [2.45, 2.75) is 32.9 Å². The van der Waals surface area contributed by atoms with Crippen LogP contribution >= 0.6 is 0 Å². The monoisotopic (exact) mass is 628 g/mol. The van der Waals surface area contributed by atoms with Crippen molar-refractivity contribution in [2.75, 3.05) is 62.4 Å². The fourth-order valence-electron chi connectivity index (χ4n) is 5.36. The zero-order valence-electron chi connectivity index (χ0n) is 26.9. The summed E-state index contributed by atoms with van der Waals surface area (Å²) in [6.07, 6.45) is -0.534. The molecule has 2 heterocycles. The highest BCUT2D eigenvalue weighted by atomic mass is 19.1. The summed E-state index contributed by atoms with van der Waals surface area (Å²) in [4.78, 5) is 44.7. The zero-order valence-corrected chi connectivity index (χ0v) is 26.9. The Kier molecular flexibility index (Phi) is 9.74. The van der Waals surface area contributed by atoms with Crippen LogP contribution in [0.25, 0.3) is 11.3 Å². The van der Waals surface area contributed by atoms with Gasteiger partial charge in [0, 0.05) is 56.7 Å². The largest absolute Gasteiger partial charge is 0.444 e. The first kappa shape index (κ1) is 32.6. The second kappa shape index (κ2) is 13.7. The number of benzene rings is 3. The summed E-state index contributed by atoms with van der Waals surface area (Å²) in [7, 11) is 3.85. The molecule has 0 unspecified atom stereocenters. The third-order valence-corrected chi connectivity index (χ3v) is 7.88. The molecule has 2 aliphatic heterocycles. The van der Waals surface area contributed by atoms with E-state index in [1.165, 1.54) is 12.1 Å². The third kappa shape index (κ3) is 8.09. The number of carbonyl (C=O) groups excluding carboxylic acids is 3. The van der Waals surface area contributed by atoms with Crippen LogP contribution in [0.4, 0.5) is 26.2 Å². The van der Waals surface area contributed by atoms with Gasteiger partial charge in [-0.1, -0.05) is 18.2 Å². The minimum atomic E-state index is -0.627. The molecular formula is C35H41FN6O4. The van der Waals surface area contributed by atoms with Crippen molar-refractivity contribution in [2.24, 2.45) is 0 Å². The van der Waals surface area contributed by atoms with Crippen molar-refractivity contribution in [3.63, 3.8) is 0 Å². The first-order valence-electron chi connectivity index (χ1n) is 15.3. The number of rotatable bonds is 8. The van der Waals surface area contributed by atoms with E-state index >= 15 is 0 Å². The van der Waals surface area contributed by atoms with Gasteiger partial charge in [-0.15, -0.1) is 0 Å². The number of carbonyl (C=O) groups is 3.